The van der Waals surface area contributed by atoms with Crippen LogP contribution in [0.3, 0.4) is 0 Å². The lowest BCUT2D eigenvalue weighted by molar-refractivity contribution is -0.144. The van der Waals surface area contributed by atoms with Crippen LogP contribution in [0.5, 0.6) is 0 Å². The number of hydrogen-bond acceptors (Lipinski definition) is 5. The molecule has 0 atom stereocenters. The Labute approximate surface area is 107 Å². The molecule has 1 aliphatic carbocycles. The molecule has 0 spiro atoms. The van der Waals surface area contributed by atoms with Crippen molar-refractivity contribution in [2.75, 3.05) is 0 Å². The molecule has 0 bridgehead atoms. The van der Waals surface area contributed by atoms with Crippen LogP contribution in [0.1, 0.15) is 12.8 Å². The Balaban J connectivity index is 1.95. The SMILES string of the molecule is O=C(O)C1(Cn2nnnc2-c2cc[nH]c(=O)c2)CC1. The van der Waals surface area contributed by atoms with Crippen LogP contribution in [-0.4, -0.2) is 36.3 Å². The van der Waals surface area contributed by atoms with Gasteiger partial charge in [0.05, 0.1) is 12.0 Å². The second-order valence-electron chi connectivity index (χ2n) is 4.69. The highest BCUT2D eigenvalue weighted by Crippen LogP contribution is 2.47. The molecule has 0 amide bonds. The predicted octanol–water partition coefficient (Wildman–Crippen LogP) is -0.107. The van der Waals surface area contributed by atoms with Crippen molar-refractivity contribution in [2.24, 2.45) is 5.41 Å². The molecule has 2 aromatic rings. The molecule has 2 heterocycles. The van der Waals surface area contributed by atoms with Crippen LogP contribution in [0, 0.1) is 5.41 Å². The number of H-pyrrole nitrogens is 1. The summed E-state index contributed by atoms with van der Waals surface area (Å²) in [6.45, 7) is 0.220. The zero-order valence-electron chi connectivity index (χ0n) is 9.91. The Morgan fingerprint density at radius 1 is 1.53 bits per heavy atom. The molecule has 3 rings (SSSR count). The summed E-state index contributed by atoms with van der Waals surface area (Å²) >= 11 is 0. The Kier molecular flexibility index (Phi) is 2.44. The van der Waals surface area contributed by atoms with Crippen molar-refractivity contribution in [1.29, 1.82) is 0 Å². The van der Waals surface area contributed by atoms with Gasteiger partial charge in [-0.3, -0.25) is 9.59 Å². The molecule has 8 heteroatoms. The first kappa shape index (κ1) is 11.6. The van der Waals surface area contributed by atoms with Gasteiger partial charge in [0, 0.05) is 17.8 Å². The highest BCUT2D eigenvalue weighted by atomic mass is 16.4. The first-order valence-corrected chi connectivity index (χ1v) is 5.79. The van der Waals surface area contributed by atoms with Crippen molar-refractivity contribution in [3.05, 3.63) is 28.7 Å². The zero-order valence-corrected chi connectivity index (χ0v) is 9.91. The maximum Gasteiger partial charge on any atom is 0.311 e. The van der Waals surface area contributed by atoms with Gasteiger partial charge >= 0.3 is 5.97 Å². The van der Waals surface area contributed by atoms with E-state index in [1.165, 1.54) is 16.9 Å². The van der Waals surface area contributed by atoms with Crippen LogP contribution in [0.25, 0.3) is 11.4 Å². The van der Waals surface area contributed by atoms with Gasteiger partial charge < -0.3 is 10.1 Å². The zero-order chi connectivity index (χ0) is 13.5. The van der Waals surface area contributed by atoms with Gasteiger partial charge in [0.1, 0.15) is 0 Å². The summed E-state index contributed by atoms with van der Waals surface area (Å²) in [5.41, 5.74) is -0.452. The normalized spacial score (nSPS) is 16.2. The summed E-state index contributed by atoms with van der Waals surface area (Å²) in [7, 11) is 0. The number of carboxylic acids is 1. The van der Waals surface area contributed by atoms with E-state index in [2.05, 4.69) is 20.5 Å². The summed E-state index contributed by atoms with van der Waals surface area (Å²) in [5, 5.41) is 20.4. The second kappa shape index (κ2) is 4.01. The minimum atomic E-state index is -0.833. The number of rotatable bonds is 4. The van der Waals surface area contributed by atoms with E-state index in [0.29, 0.717) is 24.2 Å². The van der Waals surface area contributed by atoms with Crippen molar-refractivity contribution in [3.63, 3.8) is 0 Å². The molecule has 2 aromatic heterocycles. The fraction of sp³-hybridized carbons (Fsp3) is 0.364. The van der Waals surface area contributed by atoms with Crippen LogP contribution in [0.2, 0.25) is 0 Å². The van der Waals surface area contributed by atoms with E-state index in [9.17, 15) is 14.7 Å². The van der Waals surface area contributed by atoms with Gasteiger partial charge in [-0.1, -0.05) is 0 Å². The van der Waals surface area contributed by atoms with E-state index < -0.39 is 11.4 Å². The van der Waals surface area contributed by atoms with Gasteiger partial charge in [-0.25, -0.2) is 4.68 Å². The molecule has 0 unspecified atom stereocenters. The molecular weight excluding hydrogens is 250 g/mol. The van der Waals surface area contributed by atoms with Crippen molar-refractivity contribution in [1.82, 2.24) is 25.2 Å². The molecule has 2 N–H and O–H groups in total. The summed E-state index contributed by atoms with van der Waals surface area (Å²) < 4.78 is 1.44. The van der Waals surface area contributed by atoms with E-state index >= 15 is 0 Å². The van der Waals surface area contributed by atoms with Crippen LogP contribution < -0.4 is 5.56 Å². The molecule has 1 fully saturated rings. The molecule has 19 heavy (non-hydrogen) atoms. The number of nitrogens with one attached hydrogen (secondary N) is 1. The minimum absolute atomic E-state index is 0.220. The quantitative estimate of drug-likeness (QED) is 0.794. The third kappa shape index (κ3) is 2.01. The standard InChI is InChI=1S/C11H11N5O3/c17-8-5-7(1-4-12-8)9-13-14-15-16(9)6-11(2-3-11)10(18)19/h1,4-5H,2-3,6H2,(H,12,17)(H,18,19). The second-order valence-corrected chi connectivity index (χ2v) is 4.69. The number of tetrazole rings is 1. The van der Waals surface area contributed by atoms with E-state index in [0.717, 1.165) is 0 Å². The Morgan fingerprint density at radius 2 is 2.32 bits per heavy atom. The largest absolute Gasteiger partial charge is 0.481 e. The van der Waals surface area contributed by atoms with E-state index in [-0.39, 0.29) is 12.1 Å². The molecule has 98 valence electrons. The number of aromatic amines is 1. The molecule has 0 aromatic carbocycles. The lowest BCUT2D eigenvalue weighted by Gasteiger charge is -2.10. The first-order valence-electron chi connectivity index (χ1n) is 5.79. The topological polar surface area (TPSA) is 114 Å². The molecular formula is C11H11N5O3. The van der Waals surface area contributed by atoms with Crippen LogP contribution >= 0.6 is 0 Å². The third-order valence-electron chi connectivity index (χ3n) is 3.32. The maximum absolute atomic E-state index is 11.3. The number of pyridine rings is 1. The minimum Gasteiger partial charge on any atom is -0.481 e. The van der Waals surface area contributed by atoms with Crippen molar-refractivity contribution in [3.8, 4) is 11.4 Å². The number of carbonyl (C=O) groups is 1. The van der Waals surface area contributed by atoms with Gasteiger partial charge in [-0.2, -0.15) is 0 Å². The van der Waals surface area contributed by atoms with Crippen LogP contribution in [0.4, 0.5) is 0 Å². The number of hydrogen-bond donors (Lipinski definition) is 2. The molecule has 8 nitrogen and oxygen atoms in total. The number of nitrogens with zero attached hydrogens (tertiary/aromatic N) is 4. The predicted molar refractivity (Wildman–Crippen MR) is 63.2 cm³/mol. The highest BCUT2D eigenvalue weighted by Gasteiger charge is 2.51. The summed E-state index contributed by atoms with van der Waals surface area (Å²) in [6.07, 6.45) is 2.74. The molecule has 1 saturated carbocycles. The van der Waals surface area contributed by atoms with Crippen LogP contribution in [-0.2, 0) is 11.3 Å². The van der Waals surface area contributed by atoms with E-state index in [1.807, 2.05) is 0 Å². The van der Waals surface area contributed by atoms with Gasteiger partial charge in [0.2, 0.25) is 5.56 Å². The van der Waals surface area contributed by atoms with Crippen molar-refractivity contribution < 1.29 is 9.90 Å². The van der Waals surface area contributed by atoms with E-state index in [1.54, 1.807) is 6.07 Å². The Morgan fingerprint density at radius 3 is 2.95 bits per heavy atom. The monoisotopic (exact) mass is 261 g/mol. The Hall–Kier alpha value is -2.51. The van der Waals surface area contributed by atoms with Gasteiger partial charge in [-0.05, 0) is 29.3 Å². The summed E-state index contributed by atoms with van der Waals surface area (Å²) in [5.74, 6) is -0.432. The summed E-state index contributed by atoms with van der Waals surface area (Å²) in [4.78, 5) is 25.0. The lowest BCUT2D eigenvalue weighted by Crippen LogP contribution is -2.22. The molecule has 0 radical (unpaired) electrons. The third-order valence-corrected chi connectivity index (χ3v) is 3.32. The maximum atomic E-state index is 11.3. The molecule has 0 saturated heterocycles. The first-order chi connectivity index (χ1) is 9.11. The van der Waals surface area contributed by atoms with Gasteiger partial charge in [-0.15, -0.1) is 5.10 Å². The number of carboxylic acid groups (broad SMARTS) is 1. The number of aromatic nitrogens is 5. The van der Waals surface area contributed by atoms with E-state index in [4.69, 9.17) is 0 Å². The van der Waals surface area contributed by atoms with Gasteiger partial charge in [0.25, 0.3) is 0 Å². The Bertz CT molecular complexity index is 685. The van der Waals surface area contributed by atoms with Crippen LogP contribution in [0.15, 0.2) is 23.1 Å². The smallest absolute Gasteiger partial charge is 0.311 e. The summed E-state index contributed by atoms with van der Waals surface area (Å²) in [6, 6.07) is 3.05. The molecule has 1 aliphatic rings. The van der Waals surface area contributed by atoms with Gasteiger partial charge in [0.15, 0.2) is 5.82 Å². The number of aliphatic carboxylic acids is 1. The highest BCUT2D eigenvalue weighted by molar-refractivity contribution is 5.77. The average molecular weight is 261 g/mol. The van der Waals surface area contributed by atoms with Crippen molar-refractivity contribution in [2.45, 2.75) is 19.4 Å². The fourth-order valence-corrected chi connectivity index (χ4v) is 1.98. The van der Waals surface area contributed by atoms with Crippen molar-refractivity contribution >= 4 is 5.97 Å². The molecule has 0 aliphatic heterocycles. The lowest BCUT2D eigenvalue weighted by atomic mass is 10.1. The fourth-order valence-electron chi connectivity index (χ4n) is 1.98. The average Bonchev–Trinajstić information content (AvgIpc) is 3.01.